The van der Waals surface area contributed by atoms with Crippen LogP contribution in [0.4, 0.5) is 0 Å². The minimum Gasteiger partial charge on any atom is -0.466 e. The lowest BCUT2D eigenvalue weighted by atomic mass is 10.2. The van der Waals surface area contributed by atoms with Gasteiger partial charge in [0.25, 0.3) is 5.91 Å². The molecule has 0 saturated carbocycles. The van der Waals surface area contributed by atoms with Crippen molar-refractivity contribution in [1.82, 2.24) is 25.3 Å². The van der Waals surface area contributed by atoms with Gasteiger partial charge in [0.1, 0.15) is 5.69 Å². The first-order valence-corrected chi connectivity index (χ1v) is 7.10. The maximum absolute atomic E-state index is 12.0. The molecule has 0 bridgehead atoms. The van der Waals surface area contributed by atoms with Crippen LogP contribution in [0.3, 0.4) is 0 Å². The maximum atomic E-state index is 12.0. The molecule has 8 nitrogen and oxygen atoms in total. The fourth-order valence-corrected chi connectivity index (χ4v) is 1.94. The molecule has 0 aliphatic carbocycles. The molecule has 2 rings (SSSR count). The van der Waals surface area contributed by atoms with E-state index in [2.05, 4.69) is 25.3 Å². The highest BCUT2D eigenvalue weighted by Crippen LogP contribution is 2.20. The van der Waals surface area contributed by atoms with Gasteiger partial charge in [0.05, 0.1) is 19.0 Å². The summed E-state index contributed by atoms with van der Waals surface area (Å²) in [7, 11) is 3.16. The van der Waals surface area contributed by atoms with Gasteiger partial charge in [0.15, 0.2) is 0 Å². The van der Waals surface area contributed by atoms with Crippen LogP contribution in [0.5, 0.6) is 0 Å². The lowest BCUT2D eigenvalue weighted by Gasteiger charge is -2.00. The number of esters is 1. The number of aromatic amines is 1. The zero-order chi connectivity index (χ0) is 16.8. The van der Waals surface area contributed by atoms with Crippen LogP contribution in [0.2, 0.25) is 0 Å². The van der Waals surface area contributed by atoms with Crippen molar-refractivity contribution in [3.63, 3.8) is 0 Å². The Bertz CT molecular complexity index is 729. The van der Waals surface area contributed by atoms with Gasteiger partial charge < -0.3 is 10.1 Å². The number of nitrogens with one attached hydrogen (secondary N) is 2. The third kappa shape index (κ3) is 4.06. The Kier molecular flexibility index (Phi) is 5.29. The van der Waals surface area contributed by atoms with Crippen LogP contribution in [0.15, 0.2) is 24.4 Å². The van der Waals surface area contributed by atoms with E-state index in [-0.39, 0.29) is 5.91 Å². The predicted molar refractivity (Wildman–Crippen MR) is 83.6 cm³/mol. The summed E-state index contributed by atoms with van der Waals surface area (Å²) in [6.45, 7) is 2.34. The Labute approximate surface area is 133 Å². The first kappa shape index (κ1) is 16.5. The number of hydrogen-bond donors (Lipinski definition) is 2. The van der Waals surface area contributed by atoms with Gasteiger partial charge in [-0.2, -0.15) is 10.2 Å². The monoisotopic (exact) mass is 317 g/mol. The summed E-state index contributed by atoms with van der Waals surface area (Å²) in [5.74, 6) is -0.668. The second kappa shape index (κ2) is 7.39. The van der Waals surface area contributed by atoms with Gasteiger partial charge in [0.2, 0.25) is 0 Å². The summed E-state index contributed by atoms with van der Waals surface area (Å²) in [6.07, 6.45) is 5.21. The summed E-state index contributed by atoms with van der Waals surface area (Å²) in [5.41, 5.74) is 2.90. The van der Waals surface area contributed by atoms with Crippen LogP contribution >= 0.6 is 0 Å². The molecule has 8 heteroatoms. The average molecular weight is 317 g/mol. The van der Waals surface area contributed by atoms with Gasteiger partial charge in [-0.15, -0.1) is 0 Å². The summed E-state index contributed by atoms with van der Waals surface area (Å²) < 4.78 is 6.22. The molecule has 0 spiro atoms. The summed E-state index contributed by atoms with van der Waals surface area (Å²) in [4.78, 5) is 22.9. The number of aromatic nitrogens is 4. The maximum Gasteiger partial charge on any atom is 0.330 e. The van der Waals surface area contributed by atoms with E-state index in [1.165, 1.54) is 13.2 Å². The van der Waals surface area contributed by atoms with E-state index in [4.69, 9.17) is 0 Å². The molecule has 0 aliphatic rings. The number of aryl methyl sites for hydroxylation is 1. The van der Waals surface area contributed by atoms with Crippen LogP contribution < -0.4 is 5.32 Å². The first-order valence-electron chi connectivity index (χ1n) is 7.10. The number of nitrogens with zero attached hydrogens (tertiary/aromatic N) is 3. The van der Waals surface area contributed by atoms with Crippen molar-refractivity contribution < 1.29 is 14.3 Å². The van der Waals surface area contributed by atoms with Crippen molar-refractivity contribution in [2.75, 3.05) is 13.7 Å². The molecule has 2 aromatic heterocycles. The van der Waals surface area contributed by atoms with Gasteiger partial charge in [-0.1, -0.05) is 6.08 Å². The van der Waals surface area contributed by atoms with Crippen molar-refractivity contribution in [3.05, 3.63) is 35.8 Å². The minimum atomic E-state index is -0.415. The molecule has 0 saturated heterocycles. The van der Waals surface area contributed by atoms with E-state index >= 15 is 0 Å². The van der Waals surface area contributed by atoms with Crippen molar-refractivity contribution in [3.8, 4) is 11.3 Å². The molecule has 2 heterocycles. The molecular weight excluding hydrogens is 298 g/mol. The van der Waals surface area contributed by atoms with Gasteiger partial charge >= 0.3 is 5.97 Å². The second-order valence-electron chi connectivity index (χ2n) is 4.90. The quantitative estimate of drug-likeness (QED) is 0.469. The number of ether oxygens (including phenoxy) is 1. The van der Waals surface area contributed by atoms with E-state index in [0.29, 0.717) is 24.4 Å². The van der Waals surface area contributed by atoms with E-state index < -0.39 is 5.97 Å². The third-order valence-electron chi connectivity index (χ3n) is 3.39. The summed E-state index contributed by atoms with van der Waals surface area (Å²) in [6, 6.07) is 1.68. The third-order valence-corrected chi connectivity index (χ3v) is 3.39. The van der Waals surface area contributed by atoms with Crippen LogP contribution in [-0.2, 0) is 16.6 Å². The zero-order valence-electron chi connectivity index (χ0n) is 13.3. The topological polar surface area (TPSA) is 102 Å². The predicted octanol–water partition coefficient (Wildman–Crippen LogP) is 0.968. The molecular formula is C15H19N5O3. The second-order valence-corrected chi connectivity index (χ2v) is 4.90. The number of carbonyl (C=O) groups is 2. The molecule has 2 N–H and O–H groups in total. The molecule has 0 aliphatic heterocycles. The summed E-state index contributed by atoms with van der Waals surface area (Å²) in [5, 5.41) is 13.8. The number of H-pyrrole nitrogens is 1. The van der Waals surface area contributed by atoms with Crippen molar-refractivity contribution >= 4 is 11.9 Å². The molecule has 0 fully saturated rings. The summed E-state index contributed by atoms with van der Waals surface area (Å²) >= 11 is 0. The number of methoxy groups -OCH3 is 1. The molecule has 2 aromatic rings. The van der Waals surface area contributed by atoms with Crippen LogP contribution in [-0.4, -0.2) is 45.5 Å². The molecule has 0 unspecified atom stereocenters. The molecule has 0 aromatic carbocycles. The molecule has 1 amide bonds. The van der Waals surface area contributed by atoms with Gasteiger partial charge in [0, 0.05) is 30.9 Å². The Morgan fingerprint density at radius 3 is 2.91 bits per heavy atom. The standard InChI is InChI=1S/C15H19N5O3/c1-10-11(9-17-20(10)2)12-8-13(19-18-12)15(22)16-7-5-4-6-14(21)23-3/h4,6,8-9H,5,7H2,1-3H3,(H,16,22)(H,18,19)/b6-4+. The number of amides is 1. The minimum absolute atomic E-state index is 0.253. The van der Waals surface area contributed by atoms with Crippen molar-refractivity contribution in [2.45, 2.75) is 13.3 Å². The largest absolute Gasteiger partial charge is 0.466 e. The highest BCUT2D eigenvalue weighted by atomic mass is 16.5. The van der Waals surface area contributed by atoms with Crippen LogP contribution in [0.25, 0.3) is 11.3 Å². The normalized spacial score (nSPS) is 10.9. The molecule has 0 radical (unpaired) electrons. The molecule has 23 heavy (non-hydrogen) atoms. The fraction of sp³-hybridized carbons (Fsp3) is 0.333. The Balaban J connectivity index is 1.90. The van der Waals surface area contributed by atoms with Crippen molar-refractivity contribution in [2.24, 2.45) is 7.05 Å². The molecule has 0 atom stereocenters. The lowest BCUT2D eigenvalue weighted by molar-refractivity contribution is -0.134. The number of carbonyl (C=O) groups excluding carboxylic acids is 2. The Morgan fingerprint density at radius 1 is 1.48 bits per heavy atom. The van der Waals surface area contributed by atoms with E-state index in [0.717, 1.165) is 11.3 Å². The van der Waals surface area contributed by atoms with E-state index in [1.54, 1.807) is 23.0 Å². The fourth-order valence-electron chi connectivity index (χ4n) is 1.94. The van der Waals surface area contributed by atoms with Gasteiger partial charge in [-0.25, -0.2) is 4.79 Å². The smallest absolute Gasteiger partial charge is 0.330 e. The Morgan fingerprint density at radius 2 is 2.26 bits per heavy atom. The SMILES string of the molecule is COC(=O)/C=C/CCNC(=O)c1cc(-c2cnn(C)c2C)n[nH]1. The van der Waals surface area contributed by atoms with Crippen LogP contribution in [0, 0.1) is 6.92 Å². The number of hydrogen-bond acceptors (Lipinski definition) is 5. The van der Waals surface area contributed by atoms with E-state index in [9.17, 15) is 9.59 Å². The van der Waals surface area contributed by atoms with Crippen molar-refractivity contribution in [1.29, 1.82) is 0 Å². The highest BCUT2D eigenvalue weighted by molar-refractivity contribution is 5.93. The first-order chi connectivity index (χ1) is 11.0. The highest BCUT2D eigenvalue weighted by Gasteiger charge is 2.13. The van der Waals surface area contributed by atoms with E-state index in [1.807, 2.05) is 14.0 Å². The van der Waals surface area contributed by atoms with Gasteiger partial charge in [-0.3, -0.25) is 14.6 Å². The number of rotatable bonds is 6. The Hall–Kier alpha value is -2.90. The lowest BCUT2D eigenvalue weighted by Crippen LogP contribution is -2.24. The molecule has 122 valence electrons. The average Bonchev–Trinajstić information content (AvgIpc) is 3.14. The zero-order valence-corrected chi connectivity index (χ0v) is 13.3. The van der Waals surface area contributed by atoms with Gasteiger partial charge in [-0.05, 0) is 19.4 Å². The van der Waals surface area contributed by atoms with Crippen LogP contribution in [0.1, 0.15) is 22.6 Å².